The monoisotopic (exact) mass is 273 g/mol. The summed E-state index contributed by atoms with van der Waals surface area (Å²) in [5, 5.41) is 13.2. The van der Waals surface area contributed by atoms with Gasteiger partial charge in [-0.2, -0.15) is 0 Å². The van der Waals surface area contributed by atoms with Crippen LogP contribution in [0.5, 0.6) is 11.5 Å². The van der Waals surface area contributed by atoms with E-state index in [0.29, 0.717) is 5.75 Å². The van der Waals surface area contributed by atoms with Gasteiger partial charge in [-0.15, -0.1) is 0 Å². The number of phenolic OH excluding ortho intramolecular Hbond substituents is 1. The summed E-state index contributed by atoms with van der Waals surface area (Å²) < 4.78 is 5.17. The maximum Gasteiger partial charge on any atom is 0.160 e. The number of aromatic amines is 1. The van der Waals surface area contributed by atoms with Crippen molar-refractivity contribution < 1.29 is 9.84 Å². The van der Waals surface area contributed by atoms with E-state index < -0.39 is 0 Å². The number of aromatic nitrogens is 2. The van der Waals surface area contributed by atoms with Gasteiger partial charge in [0.15, 0.2) is 11.5 Å². The topological polar surface area (TPSA) is 70.2 Å². The summed E-state index contributed by atoms with van der Waals surface area (Å²) in [6, 6.07) is 5.47. The first-order valence-electron chi connectivity index (χ1n) is 6.76. The molecule has 2 heterocycles. The van der Waals surface area contributed by atoms with E-state index in [2.05, 4.69) is 22.2 Å². The lowest BCUT2D eigenvalue weighted by Crippen LogP contribution is -2.46. The molecule has 0 bridgehead atoms. The number of methoxy groups -OCH3 is 1. The molecule has 20 heavy (non-hydrogen) atoms. The highest BCUT2D eigenvalue weighted by Crippen LogP contribution is 2.32. The summed E-state index contributed by atoms with van der Waals surface area (Å²) in [5.41, 5.74) is 3.19. The molecule has 1 aromatic carbocycles. The number of nitrogens with zero attached hydrogens (tertiary/aromatic N) is 1. The van der Waals surface area contributed by atoms with Gasteiger partial charge in [0.25, 0.3) is 0 Å². The number of nitrogens with one attached hydrogen (secondary N) is 2. The van der Waals surface area contributed by atoms with Crippen LogP contribution < -0.4 is 10.1 Å². The van der Waals surface area contributed by atoms with Crippen molar-refractivity contribution in [3.8, 4) is 11.5 Å². The Morgan fingerprint density at radius 1 is 1.45 bits per heavy atom. The summed E-state index contributed by atoms with van der Waals surface area (Å²) in [4.78, 5) is 7.68. The van der Waals surface area contributed by atoms with Crippen molar-refractivity contribution in [2.24, 2.45) is 0 Å². The Kier molecular flexibility index (Phi) is 3.14. The Balaban J connectivity index is 1.92. The van der Waals surface area contributed by atoms with Gasteiger partial charge in [-0.25, -0.2) is 4.98 Å². The molecular weight excluding hydrogens is 254 g/mol. The first-order chi connectivity index (χ1) is 9.62. The molecule has 1 atom stereocenters. The molecule has 1 unspecified atom stereocenters. The second kappa shape index (κ2) is 4.83. The molecule has 0 amide bonds. The molecule has 0 saturated heterocycles. The van der Waals surface area contributed by atoms with E-state index in [4.69, 9.17) is 4.74 Å². The van der Waals surface area contributed by atoms with Crippen LogP contribution in [-0.4, -0.2) is 28.7 Å². The third kappa shape index (κ3) is 2.14. The average molecular weight is 273 g/mol. The maximum atomic E-state index is 9.67. The fraction of sp³-hybridized carbons (Fsp3) is 0.400. The predicted molar refractivity (Wildman–Crippen MR) is 76.0 cm³/mol. The van der Waals surface area contributed by atoms with E-state index in [1.165, 1.54) is 5.69 Å². The maximum absolute atomic E-state index is 9.67. The smallest absolute Gasteiger partial charge is 0.160 e. The molecule has 0 aliphatic carbocycles. The van der Waals surface area contributed by atoms with Crippen LogP contribution in [0, 0.1) is 0 Å². The molecule has 1 aromatic heterocycles. The van der Waals surface area contributed by atoms with Gasteiger partial charge in [0.2, 0.25) is 0 Å². The summed E-state index contributed by atoms with van der Waals surface area (Å²) in [6.07, 6.45) is 3.53. The SMILES string of the molecule is COc1cc(CC2(C)NCCc3[nH]cnc32)ccc1O. The van der Waals surface area contributed by atoms with Crippen LogP contribution in [0.15, 0.2) is 24.5 Å². The fourth-order valence-corrected chi connectivity index (χ4v) is 2.92. The highest BCUT2D eigenvalue weighted by atomic mass is 16.5. The Morgan fingerprint density at radius 3 is 3.10 bits per heavy atom. The van der Waals surface area contributed by atoms with Gasteiger partial charge in [0.05, 0.1) is 24.7 Å². The first kappa shape index (κ1) is 13.0. The van der Waals surface area contributed by atoms with Crippen LogP contribution in [-0.2, 0) is 18.4 Å². The summed E-state index contributed by atoms with van der Waals surface area (Å²) in [7, 11) is 1.56. The molecule has 5 heteroatoms. The third-order valence-electron chi connectivity index (χ3n) is 3.93. The molecule has 5 nitrogen and oxygen atoms in total. The second-order valence-corrected chi connectivity index (χ2v) is 5.42. The molecule has 0 saturated carbocycles. The lowest BCUT2D eigenvalue weighted by atomic mass is 9.85. The van der Waals surface area contributed by atoms with Gasteiger partial charge in [-0.1, -0.05) is 6.07 Å². The van der Waals surface area contributed by atoms with E-state index in [1.54, 1.807) is 19.5 Å². The number of hydrogen-bond acceptors (Lipinski definition) is 4. The highest BCUT2D eigenvalue weighted by molar-refractivity contribution is 5.42. The van der Waals surface area contributed by atoms with E-state index in [0.717, 1.165) is 30.6 Å². The van der Waals surface area contributed by atoms with Gasteiger partial charge >= 0.3 is 0 Å². The van der Waals surface area contributed by atoms with Crippen LogP contribution in [0.4, 0.5) is 0 Å². The van der Waals surface area contributed by atoms with E-state index in [9.17, 15) is 5.11 Å². The quantitative estimate of drug-likeness (QED) is 0.796. The van der Waals surface area contributed by atoms with E-state index in [-0.39, 0.29) is 11.3 Å². The number of H-pyrrole nitrogens is 1. The van der Waals surface area contributed by atoms with Crippen molar-refractivity contribution in [3.63, 3.8) is 0 Å². The number of hydrogen-bond donors (Lipinski definition) is 3. The van der Waals surface area contributed by atoms with Gasteiger partial charge < -0.3 is 20.1 Å². The molecule has 0 spiro atoms. The minimum atomic E-state index is -0.199. The Labute approximate surface area is 118 Å². The summed E-state index contributed by atoms with van der Waals surface area (Å²) >= 11 is 0. The number of fused-ring (bicyclic) bond motifs is 1. The van der Waals surface area contributed by atoms with Crippen molar-refractivity contribution >= 4 is 0 Å². The predicted octanol–water partition coefficient (Wildman–Crippen LogP) is 1.73. The van der Waals surface area contributed by atoms with E-state index in [1.807, 2.05) is 12.1 Å². The van der Waals surface area contributed by atoms with Crippen molar-refractivity contribution in [2.45, 2.75) is 25.3 Å². The van der Waals surface area contributed by atoms with Crippen LogP contribution in [0.1, 0.15) is 23.9 Å². The molecule has 2 aromatic rings. The minimum absolute atomic E-state index is 0.165. The molecule has 3 N–H and O–H groups in total. The lowest BCUT2D eigenvalue weighted by molar-refractivity contribution is 0.333. The lowest BCUT2D eigenvalue weighted by Gasteiger charge is -2.34. The normalized spacial score (nSPS) is 21.5. The van der Waals surface area contributed by atoms with Crippen molar-refractivity contribution in [2.75, 3.05) is 13.7 Å². The zero-order chi connectivity index (χ0) is 14.2. The number of phenols is 1. The molecule has 1 aliphatic rings. The third-order valence-corrected chi connectivity index (χ3v) is 3.93. The number of benzene rings is 1. The first-order valence-corrected chi connectivity index (χ1v) is 6.76. The van der Waals surface area contributed by atoms with Crippen LogP contribution in [0.25, 0.3) is 0 Å². The number of aromatic hydroxyl groups is 1. The Morgan fingerprint density at radius 2 is 2.30 bits per heavy atom. The standard InChI is InChI=1S/C15H19N3O2/c1-15(14-11(5-6-18-15)16-9-17-14)8-10-3-4-12(19)13(7-10)20-2/h3-4,7,9,18-19H,5-6,8H2,1-2H3,(H,16,17). The Bertz CT molecular complexity index is 623. The van der Waals surface area contributed by atoms with Crippen LogP contribution in [0.2, 0.25) is 0 Å². The van der Waals surface area contributed by atoms with Crippen LogP contribution in [0.3, 0.4) is 0 Å². The van der Waals surface area contributed by atoms with Gasteiger partial charge in [0.1, 0.15) is 0 Å². The average Bonchev–Trinajstić information content (AvgIpc) is 2.91. The Hall–Kier alpha value is -2.01. The van der Waals surface area contributed by atoms with Crippen LogP contribution >= 0.6 is 0 Å². The van der Waals surface area contributed by atoms with Gasteiger partial charge in [0, 0.05) is 18.7 Å². The fourth-order valence-electron chi connectivity index (χ4n) is 2.92. The minimum Gasteiger partial charge on any atom is -0.504 e. The number of rotatable bonds is 3. The number of imidazole rings is 1. The largest absolute Gasteiger partial charge is 0.504 e. The highest BCUT2D eigenvalue weighted by Gasteiger charge is 2.34. The molecule has 3 rings (SSSR count). The van der Waals surface area contributed by atoms with Crippen molar-refractivity contribution in [1.82, 2.24) is 15.3 Å². The van der Waals surface area contributed by atoms with Gasteiger partial charge in [-0.3, -0.25) is 0 Å². The summed E-state index contributed by atoms with van der Waals surface area (Å²) in [6.45, 7) is 3.09. The van der Waals surface area contributed by atoms with E-state index >= 15 is 0 Å². The molecule has 0 radical (unpaired) electrons. The molecule has 0 fully saturated rings. The second-order valence-electron chi connectivity index (χ2n) is 5.42. The molecule has 1 aliphatic heterocycles. The van der Waals surface area contributed by atoms with Gasteiger partial charge in [-0.05, 0) is 31.0 Å². The van der Waals surface area contributed by atoms with Crippen molar-refractivity contribution in [1.29, 1.82) is 0 Å². The number of ether oxygens (including phenoxy) is 1. The summed E-state index contributed by atoms with van der Waals surface area (Å²) in [5.74, 6) is 0.669. The van der Waals surface area contributed by atoms with Crippen molar-refractivity contribution in [3.05, 3.63) is 41.5 Å². The molecular formula is C15H19N3O2. The zero-order valence-electron chi connectivity index (χ0n) is 11.7. The zero-order valence-corrected chi connectivity index (χ0v) is 11.7. The molecule has 106 valence electrons.